The summed E-state index contributed by atoms with van der Waals surface area (Å²) in [6.45, 7) is 7.24. The van der Waals surface area contributed by atoms with Crippen LogP contribution in [0.4, 0.5) is 5.69 Å². The van der Waals surface area contributed by atoms with E-state index in [0.29, 0.717) is 0 Å². The highest BCUT2D eigenvalue weighted by Gasteiger charge is 2.17. The van der Waals surface area contributed by atoms with Crippen LogP contribution in [-0.2, 0) is 0 Å². The summed E-state index contributed by atoms with van der Waals surface area (Å²) in [6.07, 6.45) is 0. The van der Waals surface area contributed by atoms with Crippen molar-refractivity contribution < 1.29 is 0 Å². The molecule has 0 unspecified atom stereocenters. The molecule has 1 aromatic rings. The van der Waals surface area contributed by atoms with E-state index in [9.17, 15) is 0 Å². The molecule has 15 heavy (non-hydrogen) atoms. The van der Waals surface area contributed by atoms with Gasteiger partial charge in [0.15, 0.2) is 0 Å². The number of nitrogens with one attached hydrogen (secondary N) is 2. The molecule has 0 saturated heterocycles. The van der Waals surface area contributed by atoms with Crippen molar-refractivity contribution in [2.24, 2.45) is 0 Å². The summed E-state index contributed by atoms with van der Waals surface area (Å²) < 4.78 is 0. The van der Waals surface area contributed by atoms with Crippen LogP contribution in [0.15, 0.2) is 18.2 Å². The first kappa shape index (κ1) is 12.3. The van der Waals surface area contributed by atoms with E-state index in [1.807, 2.05) is 26.1 Å². The van der Waals surface area contributed by atoms with Gasteiger partial charge >= 0.3 is 0 Å². The highest BCUT2D eigenvalue weighted by Crippen LogP contribution is 2.25. The van der Waals surface area contributed by atoms with E-state index >= 15 is 0 Å². The third kappa shape index (κ3) is 3.40. The van der Waals surface area contributed by atoms with Gasteiger partial charge in [0.25, 0.3) is 0 Å². The molecule has 0 aromatic heterocycles. The molecule has 1 aromatic carbocycles. The molecule has 1 rings (SSSR count). The summed E-state index contributed by atoms with van der Waals surface area (Å²) in [5.74, 6) is 0. The predicted molar refractivity (Wildman–Crippen MR) is 67.8 cm³/mol. The molecule has 0 atom stereocenters. The summed E-state index contributed by atoms with van der Waals surface area (Å²) in [7, 11) is 1.95. The van der Waals surface area contributed by atoms with Gasteiger partial charge < -0.3 is 10.6 Å². The fourth-order valence-corrected chi connectivity index (χ4v) is 1.77. The molecule has 0 radical (unpaired) electrons. The maximum Gasteiger partial charge on any atom is 0.0455 e. The molecular weight excluding hydrogens is 208 g/mol. The van der Waals surface area contributed by atoms with E-state index in [1.165, 1.54) is 0 Å². The zero-order valence-electron chi connectivity index (χ0n) is 9.82. The first-order chi connectivity index (χ1) is 6.96. The molecule has 0 spiro atoms. The van der Waals surface area contributed by atoms with E-state index in [-0.39, 0.29) is 5.54 Å². The lowest BCUT2D eigenvalue weighted by molar-refractivity contribution is 0.530. The molecule has 0 saturated carbocycles. The topological polar surface area (TPSA) is 24.1 Å². The van der Waals surface area contributed by atoms with Crippen LogP contribution >= 0.6 is 11.6 Å². The maximum absolute atomic E-state index is 6.06. The molecule has 0 heterocycles. The second-order valence-corrected chi connectivity index (χ2v) is 4.86. The largest absolute Gasteiger partial charge is 0.379 e. The Balaban J connectivity index is 2.85. The van der Waals surface area contributed by atoms with Gasteiger partial charge in [-0.25, -0.2) is 0 Å². The van der Waals surface area contributed by atoms with Gasteiger partial charge in [0.2, 0.25) is 0 Å². The van der Waals surface area contributed by atoms with Gasteiger partial charge in [0, 0.05) is 22.8 Å². The Hall–Kier alpha value is -0.730. The normalized spacial score (nSPS) is 11.5. The molecule has 2 nitrogen and oxygen atoms in total. The third-order valence-electron chi connectivity index (χ3n) is 2.36. The molecule has 0 aliphatic carbocycles. The number of rotatable bonds is 4. The number of halogens is 1. The summed E-state index contributed by atoms with van der Waals surface area (Å²) in [5.41, 5.74) is 2.22. The molecule has 0 aliphatic rings. The quantitative estimate of drug-likeness (QED) is 0.825. The van der Waals surface area contributed by atoms with E-state index in [4.69, 9.17) is 11.6 Å². The van der Waals surface area contributed by atoms with Crippen molar-refractivity contribution in [1.82, 2.24) is 5.32 Å². The van der Waals surface area contributed by atoms with Crippen LogP contribution in [0.25, 0.3) is 0 Å². The Morgan fingerprint density at radius 2 is 2.00 bits per heavy atom. The summed E-state index contributed by atoms with van der Waals surface area (Å²) in [6, 6.07) is 5.93. The van der Waals surface area contributed by atoms with Crippen LogP contribution in [-0.4, -0.2) is 19.1 Å². The number of benzene rings is 1. The monoisotopic (exact) mass is 226 g/mol. The summed E-state index contributed by atoms with van der Waals surface area (Å²) >= 11 is 6.06. The Morgan fingerprint density at radius 3 is 2.60 bits per heavy atom. The standard InChI is InChI=1S/C12H19ClN2/c1-9-10(13)6-5-7-11(9)15-12(2,3)8-14-4/h5-7,14-15H,8H2,1-4H3. The number of hydrogen-bond donors (Lipinski definition) is 2. The number of likely N-dealkylation sites (N-methyl/N-ethyl adjacent to an activating group) is 1. The second-order valence-electron chi connectivity index (χ2n) is 4.45. The van der Waals surface area contributed by atoms with E-state index in [0.717, 1.165) is 22.8 Å². The predicted octanol–water partition coefficient (Wildman–Crippen LogP) is 3.06. The SMILES string of the molecule is CNCC(C)(C)Nc1cccc(Cl)c1C. The average molecular weight is 227 g/mol. The van der Waals surface area contributed by atoms with Crippen molar-refractivity contribution in [1.29, 1.82) is 0 Å². The molecule has 0 bridgehead atoms. The molecule has 84 valence electrons. The average Bonchev–Trinajstić information content (AvgIpc) is 2.12. The van der Waals surface area contributed by atoms with Gasteiger partial charge in [-0.15, -0.1) is 0 Å². The smallest absolute Gasteiger partial charge is 0.0455 e. The first-order valence-electron chi connectivity index (χ1n) is 5.14. The Bertz CT molecular complexity index is 334. The third-order valence-corrected chi connectivity index (χ3v) is 2.77. The van der Waals surface area contributed by atoms with Crippen LogP contribution in [0, 0.1) is 6.92 Å². The van der Waals surface area contributed by atoms with Crippen molar-refractivity contribution >= 4 is 17.3 Å². The minimum atomic E-state index is 0.0180. The Labute approximate surface area is 97.0 Å². The Morgan fingerprint density at radius 1 is 1.33 bits per heavy atom. The van der Waals surface area contributed by atoms with Crippen LogP contribution in [0.5, 0.6) is 0 Å². The lowest BCUT2D eigenvalue weighted by Gasteiger charge is -2.28. The Kier molecular flexibility index (Phi) is 4.00. The lowest BCUT2D eigenvalue weighted by Crippen LogP contribution is -2.40. The van der Waals surface area contributed by atoms with Crippen LogP contribution in [0.1, 0.15) is 19.4 Å². The van der Waals surface area contributed by atoms with Gasteiger partial charge in [0.05, 0.1) is 0 Å². The second kappa shape index (κ2) is 4.86. The van der Waals surface area contributed by atoms with Gasteiger partial charge in [0.1, 0.15) is 0 Å². The molecule has 3 heteroatoms. The van der Waals surface area contributed by atoms with E-state index in [2.05, 4.69) is 30.5 Å². The van der Waals surface area contributed by atoms with Gasteiger partial charge in [-0.3, -0.25) is 0 Å². The van der Waals surface area contributed by atoms with Crippen molar-refractivity contribution in [3.63, 3.8) is 0 Å². The van der Waals surface area contributed by atoms with Crippen molar-refractivity contribution in [3.05, 3.63) is 28.8 Å². The molecule has 0 aliphatic heterocycles. The zero-order valence-corrected chi connectivity index (χ0v) is 10.6. The molecule has 2 N–H and O–H groups in total. The molecule has 0 fully saturated rings. The minimum absolute atomic E-state index is 0.0180. The van der Waals surface area contributed by atoms with Crippen molar-refractivity contribution in [2.75, 3.05) is 18.9 Å². The summed E-state index contributed by atoms with van der Waals surface area (Å²) in [4.78, 5) is 0. The van der Waals surface area contributed by atoms with Crippen LogP contribution < -0.4 is 10.6 Å². The van der Waals surface area contributed by atoms with E-state index in [1.54, 1.807) is 0 Å². The number of hydrogen-bond acceptors (Lipinski definition) is 2. The van der Waals surface area contributed by atoms with Crippen molar-refractivity contribution in [2.45, 2.75) is 26.3 Å². The first-order valence-corrected chi connectivity index (χ1v) is 5.52. The number of anilines is 1. The van der Waals surface area contributed by atoms with Gasteiger partial charge in [-0.05, 0) is 45.5 Å². The molecular formula is C12H19ClN2. The van der Waals surface area contributed by atoms with Crippen LogP contribution in [0.2, 0.25) is 5.02 Å². The molecule has 0 amide bonds. The van der Waals surface area contributed by atoms with E-state index < -0.39 is 0 Å². The lowest BCUT2D eigenvalue weighted by atomic mass is 10.0. The minimum Gasteiger partial charge on any atom is -0.379 e. The fraction of sp³-hybridized carbons (Fsp3) is 0.500. The van der Waals surface area contributed by atoms with Gasteiger partial charge in [-0.2, -0.15) is 0 Å². The van der Waals surface area contributed by atoms with Crippen LogP contribution in [0.3, 0.4) is 0 Å². The van der Waals surface area contributed by atoms with Gasteiger partial charge in [-0.1, -0.05) is 17.7 Å². The fourth-order valence-electron chi connectivity index (χ4n) is 1.59. The maximum atomic E-state index is 6.06. The zero-order chi connectivity index (χ0) is 11.5. The highest BCUT2D eigenvalue weighted by atomic mass is 35.5. The van der Waals surface area contributed by atoms with Crippen molar-refractivity contribution in [3.8, 4) is 0 Å². The highest BCUT2D eigenvalue weighted by molar-refractivity contribution is 6.31. The summed E-state index contributed by atoms with van der Waals surface area (Å²) in [5, 5.41) is 7.45.